The first-order chi connectivity index (χ1) is 7.19. The fourth-order valence-electron chi connectivity index (χ4n) is 1.59. The number of methoxy groups -OCH3 is 1. The van der Waals surface area contributed by atoms with Crippen LogP contribution in [0.5, 0.6) is 0 Å². The Balaban J connectivity index is 1.94. The fraction of sp³-hybridized carbons (Fsp3) is 0.500. The van der Waals surface area contributed by atoms with Crippen molar-refractivity contribution in [2.75, 3.05) is 12.4 Å². The summed E-state index contributed by atoms with van der Waals surface area (Å²) < 4.78 is 6.09. The second kappa shape index (κ2) is 4.68. The lowest BCUT2D eigenvalue weighted by molar-refractivity contribution is 0.0328. The van der Waals surface area contributed by atoms with Crippen LogP contribution in [0.1, 0.15) is 12.8 Å². The lowest BCUT2D eigenvalue weighted by Crippen LogP contribution is -2.40. The second-order valence-corrected chi connectivity index (χ2v) is 4.98. The highest BCUT2D eigenvalue weighted by atomic mass is 79.9. The van der Waals surface area contributed by atoms with E-state index in [1.54, 1.807) is 13.3 Å². The molecule has 1 N–H and O–H groups in total. The molecule has 0 unspecified atom stereocenters. The maximum Gasteiger partial charge on any atom is 0.145 e. The van der Waals surface area contributed by atoms with Gasteiger partial charge in [-0.3, -0.25) is 0 Å². The van der Waals surface area contributed by atoms with E-state index in [1.165, 1.54) is 0 Å². The van der Waals surface area contributed by atoms with Crippen LogP contribution in [0.4, 0.5) is 5.82 Å². The summed E-state index contributed by atoms with van der Waals surface area (Å²) in [5.41, 5.74) is 0. The van der Waals surface area contributed by atoms with Crippen molar-refractivity contribution >= 4 is 33.3 Å². The zero-order chi connectivity index (χ0) is 10.8. The molecule has 1 aromatic heterocycles. The fourth-order valence-corrected chi connectivity index (χ4v) is 2.27. The number of anilines is 1. The van der Waals surface area contributed by atoms with Crippen molar-refractivity contribution in [2.24, 2.45) is 0 Å². The number of ether oxygens (including phenoxy) is 1. The molecule has 0 bridgehead atoms. The van der Waals surface area contributed by atoms with E-state index in [2.05, 4.69) is 26.2 Å². The Hall–Kier alpha value is -0.320. The molecule has 1 heterocycles. The third-order valence-electron chi connectivity index (χ3n) is 2.58. The van der Waals surface area contributed by atoms with Crippen LogP contribution < -0.4 is 5.32 Å². The molecule has 1 aliphatic carbocycles. The molecule has 82 valence electrons. The first-order valence-corrected chi connectivity index (χ1v) is 5.96. The van der Waals surface area contributed by atoms with Gasteiger partial charge in [0.1, 0.15) is 5.82 Å². The highest BCUT2D eigenvalue weighted by Gasteiger charge is 2.29. The van der Waals surface area contributed by atoms with Gasteiger partial charge in [-0.05, 0) is 34.8 Å². The number of pyridine rings is 1. The standard InChI is InChI=1S/C10H12BrClN2O/c1-15-8-3-7(4-8)14-10-9(12)2-6(11)5-13-10/h2,5,7-8H,3-4H2,1H3,(H,13,14). The van der Waals surface area contributed by atoms with Crippen LogP contribution in [-0.4, -0.2) is 24.2 Å². The minimum absolute atomic E-state index is 0.386. The highest BCUT2D eigenvalue weighted by Crippen LogP contribution is 2.29. The van der Waals surface area contributed by atoms with Crippen molar-refractivity contribution in [3.8, 4) is 0 Å². The van der Waals surface area contributed by atoms with E-state index in [4.69, 9.17) is 16.3 Å². The Morgan fingerprint density at radius 1 is 1.60 bits per heavy atom. The molecule has 0 aromatic carbocycles. The summed E-state index contributed by atoms with van der Waals surface area (Å²) in [6, 6.07) is 2.27. The Bertz CT molecular complexity index is 355. The number of nitrogens with zero attached hydrogens (tertiary/aromatic N) is 1. The first-order valence-electron chi connectivity index (χ1n) is 4.79. The predicted molar refractivity (Wildman–Crippen MR) is 64.4 cm³/mol. The summed E-state index contributed by atoms with van der Waals surface area (Å²) in [5, 5.41) is 3.94. The van der Waals surface area contributed by atoms with Gasteiger partial charge in [0, 0.05) is 23.8 Å². The molecular formula is C10H12BrClN2O. The van der Waals surface area contributed by atoms with Crippen LogP contribution in [0.25, 0.3) is 0 Å². The summed E-state index contributed by atoms with van der Waals surface area (Å²) in [7, 11) is 1.74. The van der Waals surface area contributed by atoms with Crippen molar-refractivity contribution in [2.45, 2.75) is 25.0 Å². The Morgan fingerprint density at radius 3 is 2.93 bits per heavy atom. The summed E-state index contributed by atoms with van der Waals surface area (Å²) in [4.78, 5) is 4.22. The van der Waals surface area contributed by atoms with E-state index in [0.717, 1.165) is 23.1 Å². The van der Waals surface area contributed by atoms with E-state index in [0.29, 0.717) is 17.2 Å². The smallest absolute Gasteiger partial charge is 0.145 e. The number of nitrogens with one attached hydrogen (secondary N) is 1. The second-order valence-electron chi connectivity index (χ2n) is 3.65. The van der Waals surface area contributed by atoms with E-state index < -0.39 is 0 Å². The van der Waals surface area contributed by atoms with Gasteiger partial charge in [-0.2, -0.15) is 0 Å². The quantitative estimate of drug-likeness (QED) is 0.929. The summed E-state index contributed by atoms with van der Waals surface area (Å²) >= 11 is 9.36. The minimum atomic E-state index is 0.386. The van der Waals surface area contributed by atoms with E-state index in [-0.39, 0.29) is 0 Å². The lowest BCUT2D eigenvalue weighted by atomic mass is 9.89. The van der Waals surface area contributed by atoms with Gasteiger partial charge in [-0.1, -0.05) is 11.6 Å². The number of hydrogen-bond acceptors (Lipinski definition) is 3. The molecule has 5 heteroatoms. The third-order valence-corrected chi connectivity index (χ3v) is 3.30. The molecule has 1 aliphatic rings. The third kappa shape index (κ3) is 2.62. The zero-order valence-electron chi connectivity index (χ0n) is 8.34. The van der Waals surface area contributed by atoms with Crippen molar-refractivity contribution in [3.63, 3.8) is 0 Å². The summed E-state index contributed by atoms with van der Waals surface area (Å²) in [6.07, 6.45) is 4.16. The molecular weight excluding hydrogens is 279 g/mol. The number of aromatic nitrogens is 1. The van der Waals surface area contributed by atoms with Crippen molar-refractivity contribution in [1.82, 2.24) is 4.98 Å². The molecule has 0 aliphatic heterocycles. The molecule has 1 fully saturated rings. The molecule has 0 amide bonds. The Labute approximate surface area is 102 Å². The number of halogens is 2. The van der Waals surface area contributed by atoms with Crippen molar-refractivity contribution in [3.05, 3.63) is 21.8 Å². The van der Waals surface area contributed by atoms with E-state index in [1.807, 2.05) is 6.07 Å². The average molecular weight is 292 g/mol. The van der Waals surface area contributed by atoms with Gasteiger partial charge in [0.05, 0.1) is 11.1 Å². The monoisotopic (exact) mass is 290 g/mol. The van der Waals surface area contributed by atoms with Crippen LogP contribution in [0.15, 0.2) is 16.7 Å². The van der Waals surface area contributed by atoms with Crippen molar-refractivity contribution < 1.29 is 4.74 Å². The van der Waals surface area contributed by atoms with Crippen LogP contribution >= 0.6 is 27.5 Å². The molecule has 0 spiro atoms. The van der Waals surface area contributed by atoms with Crippen LogP contribution in [0.2, 0.25) is 5.02 Å². The lowest BCUT2D eigenvalue weighted by Gasteiger charge is -2.35. The molecule has 1 saturated carbocycles. The van der Waals surface area contributed by atoms with Crippen LogP contribution in [-0.2, 0) is 4.74 Å². The molecule has 15 heavy (non-hydrogen) atoms. The van der Waals surface area contributed by atoms with Gasteiger partial charge in [-0.25, -0.2) is 4.98 Å². The van der Waals surface area contributed by atoms with Gasteiger partial charge < -0.3 is 10.1 Å². The molecule has 0 atom stereocenters. The van der Waals surface area contributed by atoms with Gasteiger partial charge in [0.25, 0.3) is 0 Å². The van der Waals surface area contributed by atoms with E-state index in [9.17, 15) is 0 Å². The Morgan fingerprint density at radius 2 is 2.33 bits per heavy atom. The van der Waals surface area contributed by atoms with Gasteiger partial charge >= 0.3 is 0 Å². The average Bonchev–Trinajstić information content (AvgIpc) is 2.13. The Kier molecular flexibility index (Phi) is 3.49. The van der Waals surface area contributed by atoms with Gasteiger partial charge in [-0.15, -0.1) is 0 Å². The minimum Gasteiger partial charge on any atom is -0.381 e. The van der Waals surface area contributed by atoms with Crippen LogP contribution in [0.3, 0.4) is 0 Å². The van der Waals surface area contributed by atoms with Crippen molar-refractivity contribution in [1.29, 1.82) is 0 Å². The molecule has 1 aromatic rings. The largest absolute Gasteiger partial charge is 0.381 e. The highest BCUT2D eigenvalue weighted by molar-refractivity contribution is 9.10. The maximum absolute atomic E-state index is 6.04. The van der Waals surface area contributed by atoms with Crippen LogP contribution in [0, 0.1) is 0 Å². The molecule has 0 saturated heterocycles. The topological polar surface area (TPSA) is 34.1 Å². The van der Waals surface area contributed by atoms with E-state index >= 15 is 0 Å². The molecule has 0 radical (unpaired) electrons. The van der Waals surface area contributed by atoms with Gasteiger partial charge in [0.2, 0.25) is 0 Å². The normalized spacial score (nSPS) is 24.7. The molecule has 3 nitrogen and oxygen atoms in total. The number of rotatable bonds is 3. The maximum atomic E-state index is 6.04. The number of hydrogen-bond donors (Lipinski definition) is 1. The molecule has 2 rings (SSSR count). The zero-order valence-corrected chi connectivity index (χ0v) is 10.7. The SMILES string of the molecule is COC1CC(Nc2ncc(Br)cc2Cl)C1. The summed E-state index contributed by atoms with van der Waals surface area (Å²) in [6.45, 7) is 0. The first kappa shape index (κ1) is 11.2. The predicted octanol–water partition coefficient (Wildman–Crippen LogP) is 3.09. The summed E-state index contributed by atoms with van der Waals surface area (Å²) in [5.74, 6) is 0.749. The van der Waals surface area contributed by atoms with Gasteiger partial charge in [0.15, 0.2) is 0 Å².